The van der Waals surface area contributed by atoms with Crippen LogP contribution in [0, 0.1) is 12.8 Å². The summed E-state index contributed by atoms with van der Waals surface area (Å²) in [6.45, 7) is 1.96. The number of amides is 2. The van der Waals surface area contributed by atoms with E-state index in [1.165, 1.54) is 4.90 Å². The highest BCUT2D eigenvalue weighted by molar-refractivity contribution is 6.31. The number of hydroxylamine groups is 1. The van der Waals surface area contributed by atoms with Crippen LogP contribution < -0.4 is 9.96 Å². The lowest BCUT2D eigenvalue weighted by Crippen LogP contribution is -2.37. The molecule has 3 heterocycles. The van der Waals surface area contributed by atoms with Crippen molar-refractivity contribution in [3.8, 4) is 0 Å². The van der Waals surface area contributed by atoms with E-state index in [0.29, 0.717) is 11.3 Å². The van der Waals surface area contributed by atoms with Crippen molar-refractivity contribution in [2.45, 2.75) is 19.1 Å². The zero-order chi connectivity index (χ0) is 23.4. The van der Waals surface area contributed by atoms with Crippen molar-refractivity contribution in [2.24, 2.45) is 5.92 Å². The summed E-state index contributed by atoms with van der Waals surface area (Å²) in [4.78, 5) is 39.2. The van der Waals surface area contributed by atoms with E-state index < -0.39 is 18.1 Å². The zero-order valence-corrected chi connectivity index (χ0v) is 19.0. The normalized spacial score (nSPS) is 22.0. The van der Waals surface area contributed by atoms with E-state index in [2.05, 4.69) is 4.98 Å². The molecule has 7 heteroatoms. The molecule has 2 saturated heterocycles. The summed E-state index contributed by atoms with van der Waals surface area (Å²) in [5.74, 6) is -1.46. The molecule has 0 unspecified atom stereocenters. The predicted octanol–water partition coefficient (Wildman–Crippen LogP) is 5.25. The maximum absolute atomic E-state index is 13.8. The third kappa shape index (κ3) is 3.18. The molecule has 2 amide bonds. The molecule has 3 atom stereocenters. The highest BCUT2D eigenvalue weighted by atomic mass is 35.5. The number of benzene rings is 3. The molecule has 0 spiro atoms. The summed E-state index contributed by atoms with van der Waals surface area (Å²) in [6.07, 6.45) is -0.957. The molecule has 168 valence electrons. The van der Waals surface area contributed by atoms with Crippen LogP contribution in [-0.4, -0.2) is 22.9 Å². The fourth-order valence-corrected chi connectivity index (χ4v) is 5.05. The van der Waals surface area contributed by atoms with Crippen molar-refractivity contribution in [1.29, 1.82) is 0 Å². The molecule has 0 saturated carbocycles. The number of fused-ring (bicyclic) bond motifs is 2. The maximum atomic E-state index is 13.8. The Hall–Kier alpha value is -3.74. The first kappa shape index (κ1) is 20.8. The molecule has 6 rings (SSSR count). The maximum Gasteiger partial charge on any atom is 0.266 e. The van der Waals surface area contributed by atoms with E-state index in [1.807, 2.05) is 79.7 Å². The van der Waals surface area contributed by atoms with Gasteiger partial charge in [-0.15, -0.1) is 0 Å². The molecular formula is C27H20ClN3O3. The number of pyridine rings is 1. The minimum Gasteiger partial charge on any atom is -0.273 e. The first-order valence-electron chi connectivity index (χ1n) is 11.0. The van der Waals surface area contributed by atoms with E-state index in [1.54, 1.807) is 17.2 Å². The Morgan fingerprint density at radius 2 is 1.56 bits per heavy atom. The summed E-state index contributed by atoms with van der Waals surface area (Å²) in [5, 5.41) is 2.81. The van der Waals surface area contributed by atoms with Crippen LogP contribution in [0.2, 0.25) is 5.15 Å². The van der Waals surface area contributed by atoms with Gasteiger partial charge in [0.2, 0.25) is 5.91 Å². The van der Waals surface area contributed by atoms with Gasteiger partial charge in [-0.1, -0.05) is 65.7 Å². The van der Waals surface area contributed by atoms with Gasteiger partial charge in [-0.05, 0) is 43.3 Å². The van der Waals surface area contributed by atoms with Crippen LogP contribution in [0.5, 0.6) is 0 Å². The van der Waals surface area contributed by atoms with E-state index in [9.17, 15) is 9.59 Å². The second-order valence-corrected chi connectivity index (χ2v) is 8.92. The standard InChI is InChI=1S/C27H20ClN3O3/c1-16-11-13-18(14-12-16)30-26(32)22-23(20-15-17-7-5-6-10-21(17)29-25(20)28)31(34-24(22)27(30)33)19-8-3-2-4-9-19/h2-15,22-24H,1H3/t22-,23+,24-/m1/s1. The van der Waals surface area contributed by atoms with Crippen LogP contribution in [0.1, 0.15) is 17.2 Å². The van der Waals surface area contributed by atoms with Gasteiger partial charge in [0.15, 0.2) is 6.10 Å². The lowest BCUT2D eigenvalue weighted by atomic mass is 9.90. The van der Waals surface area contributed by atoms with E-state index in [-0.39, 0.29) is 17.0 Å². The largest absolute Gasteiger partial charge is 0.273 e. The van der Waals surface area contributed by atoms with E-state index >= 15 is 0 Å². The topological polar surface area (TPSA) is 62.7 Å². The van der Waals surface area contributed by atoms with Gasteiger partial charge in [-0.25, -0.2) is 14.9 Å². The van der Waals surface area contributed by atoms with Gasteiger partial charge < -0.3 is 0 Å². The Kier molecular flexibility index (Phi) is 4.86. The van der Waals surface area contributed by atoms with Crippen LogP contribution in [0.25, 0.3) is 10.9 Å². The first-order valence-corrected chi connectivity index (χ1v) is 11.4. The highest BCUT2D eigenvalue weighted by Crippen LogP contribution is 2.49. The quantitative estimate of drug-likeness (QED) is 0.303. The average Bonchev–Trinajstić information content (AvgIpc) is 3.36. The third-order valence-corrected chi connectivity index (χ3v) is 6.74. The predicted molar refractivity (Wildman–Crippen MR) is 130 cm³/mol. The number of imide groups is 1. The van der Waals surface area contributed by atoms with Gasteiger partial charge in [-0.2, -0.15) is 0 Å². The van der Waals surface area contributed by atoms with E-state index in [0.717, 1.165) is 22.2 Å². The van der Waals surface area contributed by atoms with Crippen LogP contribution in [0.3, 0.4) is 0 Å². The minimum atomic E-state index is -0.957. The summed E-state index contributed by atoms with van der Waals surface area (Å²) in [5.41, 5.74) is 3.71. The lowest BCUT2D eigenvalue weighted by molar-refractivity contribution is -0.126. The number of anilines is 2. The number of aryl methyl sites for hydroxylation is 1. The Balaban J connectivity index is 1.49. The molecule has 0 bridgehead atoms. The number of carbonyl (C=O) groups is 2. The molecular weight excluding hydrogens is 450 g/mol. The summed E-state index contributed by atoms with van der Waals surface area (Å²) < 4.78 is 0. The van der Waals surface area contributed by atoms with Crippen molar-refractivity contribution < 1.29 is 14.4 Å². The van der Waals surface area contributed by atoms with Gasteiger partial charge in [0.25, 0.3) is 5.91 Å². The molecule has 6 nitrogen and oxygen atoms in total. The summed E-state index contributed by atoms with van der Waals surface area (Å²) in [6, 6.07) is 25.7. The van der Waals surface area contributed by atoms with Crippen LogP contribution in [0.4, 0.5) is 11.4 Å². The molecule has 34 heavy (non-hydrogen) atoms. The van der Waals surface area contributed by atoms with Gasteiger partial charge in [0.1, 0.15) is 11.1 Å². The number of hydrogen-bond donors (Lipinski definition) is 0. The zero-order valence-electron chi connectivity index (χ0n) is 18.3. The Morgan fingerprint density at radius 3 is 2.32 bits per heavy atom. The Labute approximate surface area is 201 Å². The van der Waals surface area contributed by atoms with Crippen LogP contribution in [0.15, 0.2) is 84.9 Å². The Bertz CT molecular complexity index is 1420. The second-order valence-electron chi connectivity index (χ2n) is 8.57. The lowest BCUT2D eigenvalue weighted by Gasteiger charge is -2.29. The first-order chi connectivity index (χ1) is 16.5. The smallest absolute Gasteiger partial charge is 0.266 e. The average molecular weight is 470 g/mol. The molecule has 2 aliphatic heterocycles. The SMILES string of the molecule is Cc1ccc(N2C(=O)[C@H]3[C@@H](ON(c4ccccc4)[C@H]3c3cc4ccccc4nc3Cl)C2=O)cc1. The molecule has 3 aromatic carbocycles. The third-order valence-electron chi connectivity index (χ3n) is 6.44. The summed E-state index contributed by atoms with van der Waals surface area (Å²) >= 11 is 6.68. The molecule has 1 aromatic heterocycles. The number of halogens is 1. The number of rotatable bonds is 3. The van der Waals surface area contributed by atoms with Gasteiger partial charge in [0, 0.05) is 10.9 Å². The number of nitrogens with zero attached hydrogens (tertiary/aromatic N) is 3. The van der Waals surface area contributed by atoms with Crippen molar-refractivity contribution in [3.05, 3.63) is 101 Å². The number of carbonyl (C=O) groups excluding carboxylic acids is 2. The second kappa shape index (κ2) is 7.94. The van der Waals surface area contributed by atoms with Gasteiger partial charge >= 0.3 is 0 Å². The number of para-hydroxylation sites is 2. The van der Waals surface area contributed by atoms with E-state index in [4.69, 9.17) is 16.4 Å². The minimum absolute atomic E-state index is 0.280. The van der Waals surface area contributed by atoms with Gasteiger partial charge in [0.05, 0.1) is 22.9 Å². The van der Waals surface area contributed by atoms with Gasteiger partial charge in [-0.3, -0.25) is 14.4 Å². The monoisotopic (exact) mass is 469 g/mol. The number of hydrogen-bond acceptors (Lipinski definition) is 5. The highest BCUT2D eigenvalue weighted by Gasteiger charge is 2.60. The molecule has 2 aliphatic rings. The molecule has 2 fully saturated rings. The molecule has 0 N–H and O–H groups in total. The molecule has 0 aliphatic carbocycles. The van der Waals surface area contributed by atoms with Crippen molar-refractivity contribution in [1.82, 2.24) is 4.98 Å². The van der Waals surface area contributed by atoms with Crippen molar-refractivity contribution in [3.63, 3.8) is 0 Å². The molecule has 0 radical (unpaired) electrons. The van der Waals surface area contributed by atoms with Crippen LogP contribution >= 0.6 is 11.6 Å². The summed E-state index contributed by atoms with van der Waals surface area (Å²) in [7, 11) is 0. The van der Waals surface area contributed by atoms with Crippen molar-refractivity contribution in [2.75, 3.05) is 9.96 Å². The molecule has 4 aromatic rings. The fourth-order valence-electron chi connectivity index (χ4n) is 4.79. The fraction of sp³-hybridized carbons (Fsp3) is 0.148. The Morgan fingerprint density at radius 1 is 0.853 bits per heavy atom. The number of aromatic nitrogens is 1. The van der Waals surface area contributed by atoms with Crippen LogP contribution in [-0.2, 0) is 14.4 Å². The van der Waals surface area contributed by atoms with Crippen molar-refractivity contribution >= 4 is 45.7 Å².